The molecule has 5 heteroatoms. The maximum Gasteiger partial charge on any atom is 0.309 e. The van der Waals surface area contributed by atoms with Gasteiger partial charge < -0.3 is 4.74 Å². The van der Waals surface area contributed by atoms with Crippen molar-refractivity contribution in [2.24, 2.45) is 5.92 Å². The van der Waals surface area contributed by atoms with Crippen molar-refractivity contribution in [1.29, 1.82) is 0 Å². The fraction of sp³-hybridized carbons (Fsp3) is 0.733. The predicted octanol–water partition coefficient (Wildman–Crippen LogP) is 2.87. The summed E-state index contributed by atoms with van der Waals surface area (Å²) < 4.78 is 5.10. The summed E-state index contributed by atoms with van der Waals surface area (Å²) in [6.45, 7) is 7.37. The number of aromatic nitrogens is 1. The number of ether oxygens (including phenoxy) is 1. The maximum atomic E-state index is 11.7. The van der Waals surface area contributed by atoms with Crippen molar-refractivity contribution in [3.8, 4) is 0 Å². The third kappa shape index (κ3) is 4.28. The molecule has 1 aromatic heterocycles. The van der Waals surface area contributed by atoms with Crippen LogP contribution in [-0.4, -0.2) is 35.5 Å². The standard InChI is InChI=1S/C15H24N2O2S/c1-3-5-14-16-13(11-20-14)10-17-8-6-12(7-9-17)15(18)19-4-2/h11-12H,3-10H2,1-2H3. The molecule has 0 aliphatic carbocycles. The van der Waals surface area contributed by atoms with Crippen molar-refractivity contribution >= 4 is 17.3 Å². The van der Waals surface area contributed by atoms with Gasteiger partial charge in [-0.3, -0.25) is 9.69 Å². The van der Waals surface area contributed by atoms with Gasteiger partial charge >= 0.3 is 5.97 Å². The van der Waals surface area contributed by atoms with Crippen LogP contribution < -0.4 is 0 Å². The Morgan fingerprint density at radius 2 is 2.20 bits per heavy atom. The minimum atomic E-state index is -0.0222. The second kappa shape index (κ2) is 7.74. The summed E-state index contributed by atoms with van der Waals surface area (Å²) >= 11 is 1.76. The number of nitrogens with zero attached hydrogens (tertiary/aromatic N) is 2. The molecule has 0 spiro atoms. The van der Waals surface area contributed by atoms with E-state index in [-0.39, 0.29) is 11.9 Å². The van der Waals surface area contributed by atoms with E-state index in [0.29, 0.717) is 6.61 Å². The first-order valence-electron chi connectivity index (χ1n) is 7.55. The maximum absolute atomic E-state index is 11.7. The molecule has 112 valence electrons. The summed E-state index contributed by atoms with van der Waals surface area (Å²) in [5.74, 6) is 0.0725. The molecule has 0 N–H and O–H groups in total. The highest BCUT2D eigenvalue weighted by atomic mass is 32.1. The molecule has 1 aliphatic rings. The van der Waals surface area contributed by atoms with E-state index in [9.17, 15) is 4.79 Å². The van der Waals surface area contributed by atoms with Gasteiger partial charge in [0.15, 0.2) is 0 Å². The Labute approximate surface area is 125 Å². The SMILES string of the molecule is CCCc1nc(CN2CCC(C(=O)OCC)CC2)cs1. The van der Waals surface area contributed by atoms with Crippen LogP contribution in [0.15, 0.2) is 5.38 Å². The fourth-order valence-electron chi connectivity index (χ4n) is 2.57. The molecule has 4 nitrogen and oxygen atoms in total. The van der Waals surface area contributed by atoms with E-state index in [1.807, 2.05) is 6.92 Å². The second-order valence-electron chi connectivity index (χ2n) is 5.29. The van der Waals surface area contributed by atoms with Crippen molar-refractivity contribution in [1.82, 2.24) is 9.88 Å². The van der Waals surface area contributed by atoms with E-state index >= 15 is 0 Å². The van der Waals surface area contributed by atoms with Crippen molar-refractivity contribution in [3.63, 3.8) is 0 Å². The van der Waals surface area contributed by atoms with Crippen LogP contribution in [0.5, 0.6) is 0 Å². The van der Waals surface area contributed by atoms with Gasteiger partial charge in [0, 0.05) is 11.9 Å². The molecule has 0 atom stereocenters. The summed E-state index contributed by atoms with van der Waals surface area (Å²) in [7, 11) is 0. The molecule has 2 heterocycles. The Kier molecular flexibility index (Phi) is 5.98. The summed E-state index contributed by atoms with van der Waals surface area (Å²) in [6.07, 6.45) is 4.04. The number of carbonyl (C=O) groups is 1. The van der Waals surface area contributed by atoms with E-state index in [0.717, 1.165) is 45.3 Å². The monoisotopic (exact) mass is 296 g/mol. The Hall–Kier alpha value is -0.940. The van der Waals surface area contributed by atoms with Crippen LogP contribution >= 0.6 is 11.3 Å². The Balaban J connectivity index is 1.77. The van der Waals surface area contributed by atoms with E-state index in [1.54, 1.807) is 11.3 Å². The number of thiazole rings is 1. The lowest BCUT2D eigenvalue weighted by atomic mass is 9.97. The zero-order valence-corrected chi connectivity index (χ0v) is 13.2. The summed E-state index contributed by atoms with van der Waals surface area (Å²) in [4.78, 5) is 18.7. The van der Waals surface area contributed by atoms with E-state index in [2.05, 4.69) is 22.2 Å². The lowest BCUT2D eigenvalue weighted by molar-refractivity contribution is -0.149. The molecule has 0 bridgehead atoms. The normalized spacial score (nSPS) is 17.3. The summed E-state index contributed by atoms with van der Waals surface area (Å²) in [5.41, 5.74) is 1.17. The number of hydrogen-bond acceptors (Lipinski definition) is 5. The molecule has 1 aromatic rings. The van der Waals surface area contributed by atoms with Crippen LogP contribution in [0.2, 0.25) is 0 Å². The van der Waals surface area contributed by atoms with Gasteiger partial charge in [-0.15, -0.1) is 11.3 Å². The van der Waals surface area contributed by atoms with E-state index < -0.39 is 0 Å². The van der Waals surface area contributed by atoms with Gasteiger partial charge in [0.2, 0.25) is 0 Å². The topological polar surface area (TPSA) is 42.4 Å². The molecule has 2 rings (SSSR count). The van der Waals surface area contributed by atoms with Gasteiger partial charge in [-0.1, -0.05) is 6.92 Å². The first-order valence-corrected chi connectivity index (χ1v) is 8.43. The van der Waals surface area contributed by atoms with E-state index in [4.69, 9.17) is 4.74 Å². The second-order valence-corrected chi connectivity index (χ2v) is 6.23. The average Bonchev–Trinajstić information content (AvgIpc) is 2.88. The molecule has 0 aromatic carbocycles. The Bertz CT molecular complexity index is 425. The minimum absolute atomic E-state index is 0.0222. The highest BCUT2D eigenvalue weighted by molar-refractivity contribution is 7.09. The lowest BCUT2D eigenvalue weighted by Gasteiger charge is -2.30. The first kappa shape index (κ1) is 15.4. The molecular formula is C15H24N2O2S. The van der Waals surface area contributed by atoms with Gasteiger partial charge in [0.05, 0.1) is 23.2 Å². The van der Waals surface area contributed by atoms with Gasteiger partial charge in [0.1, 0.15) is 0 Å². The van der Waals surface area contributed by atoms with Crippen molar-refractivity contribution < 1.29 is 9.53 Å². The quantitative estimate of drug-likeness (QED) is 0.757. The summed E-state index contributed by atoms with van der Waals surface area (Å²) in [5, 5.41) is 3.41. The largest absolute Gasteiger partial charge is 0.466 e. The third-order valence-electron chi connectivity index (χ3n) is 3.66. The number of piperidine rings is 1. The van der Waals surface area contributed by atoms with Crippen LogP contribution in [-0.2, 0) is 22.5 Å². The van der Waals surface area contributed by atoms with Crippen LogP contribution in [0.3, 0.4) is 0 Å². The smallest absolute Gasteiger partial charge is 0.309 e. The third-order valence-corrected chi connectivity index (χ3v) is 4.61. The summed E-state index contributed by atoms with van der Waals surface area (Å²) in [6, 6.07) is 0. The molecular weight excluding hydrogens is 272 g/mol. The number of carbonyl (C=O) groups excluding carboxylic acids is 1. The highest BCUT2D eigenvalue weighted by Gasteiger charge is 2.26. The number of aryl methyl sites for hydroxylation is 1. The van der Waals surface area contributed by atoms with Crippen molar-refractivity contribution in [3.05, 3.63) is 16.1 Å². The molecule has 0 saturated carbocycles. The minimum Gasteiger partial charge on any atom is -0.466 e. The Morgan fingerprint density at radius 3 is 2.85 bits per heavy atom. The number of likely N-dealkylation sites (tertiary alicyclic amines) is 1. The van der Waals surface area contributed by atoms with Crippen LogP contribution in [0.25, 0.3) is 0 Å². The van der Waals surface area contributed by atoms with Crippen molar-refractivity contribution in [2.75, 3.05) is 19.7 Å². The molecule has 1 aliphatic heterocycles. The van der Waals surface area contributed by atoms with Crippen LogP contribution in [0.1, 0.15) is 43.8 Å². The zero-order chi connectivity index (χ0) is 14.4. The lowest BCUT2D eigenvalue weighted by Crippen LogP contribution is -2.36. The number of esters is 1. The zero-order valence-electron chi connectivity index (χ0n) is 12.4. The number of hydrogen-bond donors (Lipinski definition) is 0. The fourth-order valence-corrected chi connectivity index (χ4v) is 3.46. The molecule has 0 unspecified atom stereocenters. The first-order chi connectivity index (χ1) is 9.72. The Morgan fingerprint density at radius 1 is 1.45 bits per heavy atom. The van der Waals surface area contributed by atoms with Gasteiger partial charge in [-0.25, -0.2) is 4.98 Å². The molecule has 0 amide bonds. The van der Waals surface area contributed by atoms with E-state index in [1.165, 1.54) is 10.7 Å². The average molecular weight is 296 g/mol. The molecule has 1 fully saturated rings. The van der Waals surface area contributed by atoms with Gasteiger partial charge in [-0.05, 0) is 45.7 Å². The van der Waals surface area contributed by atoms with Crippen molar-refractivity contribution in [2.45, 2.75) is 46.1 Å². The molecule has 20 heavy (non-hydrogen) atoms. The van der Waals surface area contributed by atoms with Crippen LogP contribution in [0, 0.1) is 5.92 Å². The van der Waals surface area contributed by atoms with Gasteiger partial charge in [0.25, 0.3) is 0 Å². The molecule has 0 radical (unpaired) electrons. The van der Waals surface area contributed by atoms with Gasteiger partial charge in [-0.2, -0.15) is 0 Å². The highest BCUT2D eigenvalue weighted by Crippen LogP contribution is 2.21. The van der Waals surface area contributed by atoms with Crippen LogP contribution in [0.4, 0.5) is 0 Å². The predicted molar refractivity (Wildman–Crippen MR) is 80.7 cm³/mol. The molecule has 1 saturated heterocycles. The number of rotatable bonds is 6.